The first-order chi connectivity index (χ1) is 14.0. The number of rotatable bonds is 4. The minimum Gasteiger partial charge on any atom is -0.507 e. The Balaban J connectivity index is 1.71. The summed E-state index contributed by atoms with van der Waals surface area (Å²) >= 11 is 0. The lowest BCUT2D eigenvalue weighted by Crippen LogP contribution is -2.40. The van der Waals surface area contributed by atoms with Crippen molar-refractivity contribution in [3.63, 3.8) is 0 Å². The van der Waals surface area contributed by atoms with E-state index < -0.39 is 10.0 Å². The number of morpholine rings is 1. The summed E-state index contributed by atoms with van der Waals surface area (Å²) in [6.07, 6.45) is 1.58. The van der Waals surface area contributed by atoms with E-state index in [0.29, 0.717) is 43.1 Å². The summed E-state index contributed by atoms with van der Waals surface area (Å²) in [5.74, 6) is 0.126. The summed E-state index contributed by atoms with van der Waals surface area (Å²) in [6, 6.07) is 16.3. The van der Waals surface area contributed by atoms with Crippen molar-refractivity contribution in [1.29, 1.82) is 0 Å². The first-order valence-electron chi connectivity index (χ1n) is 9.40. The number of fused-ring (bicyclic) bond motifs is 1. The molecule has 0 unspecified atom stereocenters. The summed E-state index contributed by atoms with van der Waals surface area (Å²) in [6.45, 7) is 3.27. The Morgan fingerprint density at radius 2 is 1.83 bits per heavy atom. The molecule has 1 aliphatic heterocycles. The maximum Gasteiger partial charge on any atom is 0.243 e. The molecule has 1 aliphatic rings. The van der Waals surface area contributed by atoms with E-state index in [2.05, 4.69) is 4.99 Å². The lowest BCUT2D eigenvalue weighted by atomic mass is 10.0. The molecule has 0 aliphatic carbocycles. The quantitative estimate of drug-likeness (QED) is 0.666. The van der Waals surface area contributed by atoms with Gasteiger partial charge in [-0.25, -0.2) is 8.42 Å². The molecule has 3 aromatic rings. The first kappa shape index (κ1) is 19.6. The molecule has 1 N–H and O–H groups in total. The topological polar surface area (TPSA) is 79.2 Å². The van der Waals surface area contributed by atoms with Crippen molar-refractivity contribution in [1.82, 2.24) is 4.31 Å². The fourth-order valence-corrected chi connectivity index (χ4v) is 5.08. The lowest BCUT2D eigenvalue weighted by molar-refractivity contribution is 0.0730. The van der Waals surface area contributed by atoms with Crippen LogP contribution in [0.5, 0.6) is 5.75 Å². The molecule has 0 spiro atoms. The Bertz CT molecular complexity index is 1180. The third-order valence-electron chi connectivity index (χ3n) is 5.05. The molecule has 0 bridgehead atoms. The second kappa shape index (κ2) is 7.94. The summed E-state index contributed by atoms with van der Waals surface area (Å²) in [7, 11) is -3.61. The van der Waals surface area contributed by atoms with Crippen LogP contribution >= 0.6 is 0 Å². The van der Waals surface area contributed by atoms with Crippen LogP contribution < -0.4 is 0 Å². The van der Waals surface area contributed by atoms with Crippen molar-refractivity contribution in [2.45, 2.75) is 11.8 Å². The minimum absolute atomic E-state index is 0.126. The van der Waals surface area contributed by atoms with E-state index in [9.17, 15) is 13.5 Å². The number of benzene rings is 3. The van der Waals surface area contributed by atoms with Crippen LogP contribution in [0.1, 0.15) is 11.1 Å². The molecule has 4 rings (SSSR count). The van der Waals surface area contributed by atoms with E-state index in [1.54, 1.807) is 37.4 Å². The number of aliphatic imine (C=N–C) groups is 1. The Morgan fingerprint density at radius 3 is 2.62 bits per heavy atom. The highest BCUT2D eigenvalue weighted by atomic mass is 32.2. The molecule has 6 nitrogen and oxygen atoms in total. The van der Waals surface area contributed by atoms with Gasteiger partial charge in [0.25, 0.3) is 0 Å². The van der Waals surface area contributed by atoms with Crippen molar-refractivity contribution in [2.75, 3.05) is 26.3 Å². The number of ether oxygens (including phenoxy) is 1. The molecule has 0 atom stereocenters. The second-order valence-corrected chi connectivity index (χ2v) is 8.85. The zero-order valence-corrected chi connectivity index (χ0v) is 16.9. The molecule has 0 saturated carbocycles. The maximum absolute atomic E-state index is 13.0. The van der Waals surface area contributed by atoms with Gasteiger partial charge in [-0.15, -0.1) is 0 Å². The number of hydrogen-bond acceptors (Lipinski definition) is 5. The smallest absolute Gasteiger partial charge is 0.243 e. The Morgan fingerprint density at radius 1 is 1.07 bits per heavy atom. The van der Waals surface area contributed by atoms with Crippen molar-refractivity contribution >= 4 is 32.7 Å². The zero-order chi connectivity index (χ0) is 20.4. The average molecular weight is 410 g/mol. The molecule has 3 aromatic carbocycles. The maximum atomic E-state index is 13.0. The zero-order valence-electron chi connectivity index (χ0n) is 16.1. The monoisotopic (exact) mass is 410 g/mol. The standard InChI is InChI=1S/C22H22N2O4S/c1-16-6-8-18(14-22(16)29(26,27)24-10-12-28-13-11-24)23-15-20-19-5-3-2-4-17(19)7-9-21(20)25/h2-9,14-15,25H,10-13H2,1H3. The van der Waals surface area contributed by atoms with Crippen molar-refractivity contribution in [3.05, 3.63) is 65.7 Å². The van der Waals surface area contributed by atoms with Gasteiger partial charge < -0.3 is 9.84 Å². The summed E-state index contributed by atoms with van der Waals surface area (Å²) in [5.41, 5.74) is 1.78. The molecule has 29 heavy (non-hydrogen) atoms. The molecule has 1 saturated heterocycles. The second-order valence-electron chi connectivity index (χ2n) is 6.94. The van der Waals surface area contributed by atoms with Gasteiger partial charge in [0, 0.05) is 24.9 Å². The van der Waals surface area contributed by atoms with Crippen LogP contribution in [-0.4, -0.2) is 50.3 Å². The van der Waals surface area contributed by atoms with Gasteiger partial charge in [0.2, 0.25) is 10.0 Å². The molecule has 1 fully saturated rings. The van der Waals surface area contributed by atoms with Crippen LogP contribution in [0.2, 0.25) is 0 Å². The van der Waals surface area contributed by atoms with E-state index in [-0.39, 0.29) is 10.6 Å². The van der Waals surface area contributed by atoms with Gasteiger partial charge >= 0.3 is 0 Å². The predicted octanol–water partition coefficient (Wildman–Crippen LogP) is 3.63. The SMILES string of the molecule is Cc1ccc(N=Cc2c(O)ccc3ccccc23)cc1S(=O)(=O)N1CCOCC1. The fraction of sp³-hybridized carbons (Fsp3) is 0.227. The average Bonchev–Trinajstić information content (AvgIpc) is 2.74. The molecule has 0 radical (unpaired) electrons. The summed E-state index contributed by atoms with van der Waals surface area (Å²) in [4.78, 5) is 4.70. The molecule has 1 heterocycles. The summed E-state index contributed by atoms with van der Waals surface area (Å²) in [5, 5.41) is 12.2. The number of sulfonamides is 1. The Hall–Kier alpha value is -2.74. The van der Waals surface area contributed by atoms with Gasteiger partial charge in [0.15, 0.2) is 0 Å². The van der Waals surface area contributed by atoms with E-state index in [0.717, 1.165) is 10.8 Å². The highest BCUT2D eigenvalue weighted by Crippen LogP contribution is 2.28. The Labute approximate surface area is 170 Å². The molecule has 0 amide bonds. The van der Waals surface area contributed by atoms with Crippen LogP contribution in [0, 0.1) is 6.92 Å². The molecular formula is C22H22N2O4S. The van der Waals surface area contributed by atoms with Gasteiger partial charge in [0.05, 0.1) is 23.8 Å². The number of phenolic OH excluding ortho intramolecular Hbond substituents is 1. The van der Waals surface area contributed by atoms with E-state index in [1.165, 1.54) is 4.31 Å². The van der Waals surface area contributed by atoms with Crippen molar-refractivity contribution < 1.29 is 18.3 Å². The largest absolute Gasteiger partial charge is 0.507 e. The number of aromatic hydroxyl groups is 1. The lowest BCUT2D eigenvalue weighted by Gasteiger charge is -2.26. The minimum atomic E-state index is -3.61. The van der Waals surface area contributed by atoms with Crippen LogP contribution in [0.15, 0.2) is 64.5 Å². The van der Waals surface area contributed by atoms with Gasteiger partial charge in [-0.3, -0.25) is 4.99 Å². The predicted molar refractivity (Wildman–Crippen MR) is 114 cm³/mol. The van der Waals surface area contributed by atoms with Crippen LogP contribution in [-0.2, 0) is 14.8 Å². The highest BCUT2D eigenvalue weighted by molar-refractivity contribution is 7.89. The van der Waals surface area contributed by atoms with Gasteiger partial charge in [0.1, 0.15) is 5.75 Å². The van der Waals surface area contributed by atoms with Gasteiger partial charge in [-0.2, -0.15) is 4.31 Å². The van der Waals surface area contributed by atoms with Gasteiger partial charge in [-0.05, 0) is 41.5 Å². The normalized spacial score (nSPS) is 15.9. The molecular weight excluding hydrogens is 388 g/mol. The van der Waals surface area contributed by atoms with Crippen molar-refractivity contribution in [2.24, 2.45) is 4.99 Å². The molecule has 0 aromatic heterocycles. The molecule has 150 valence electrons. The van der Waals surface area contributed by atoms with Crippen LogP contribution in [0.25, 0.3) is 10.8 Å². The molecule has 7 heteroatoms. The van der Waals surface area contributed by atoms with Crippen molar-refractivity contribution in [3.8, 4) is 5.75 Å². The third kappa shape index (κ3) is 3.89. The third-order valence-corrected chi connectivity index (χ3v) is 7.09. The van der Waals surface area contributed by atoms with E-state index >= 15 is 0 Å². The first-order valence-corrected chi connectivity index (χ1v) is 10.8. The number of hydrogen-bond donors (Lipinski definition) is 1. The Kier molecular flexibility index (Phi) is 5.36. The number of aryl methyl sites for hydroxylation is 1. The van der Waals surface area contributed by atoms with Crippen LogP contribution in [0.4, 0.5) is 5.69 Å². The van der Waals surface area contributed by atoms with E-state index in [1.807, 2.05) is 30.3 Å². The summed E-state index contributed by atoms with van der Waals surface area (Å²) < 4.78 is 32.8. The highest BCUT2D eigenvalue weighted by Gasteiger charge is 2.27. The fourth-order valence-electron chi connectivity index (χ4n) is 3.43. The van der Waals surface area contributed by atoms with Crippen LogP contribution in [0.3, 0.4) is 0 Å². The van der Waals surface area contributed by atoms with Gasteiger partial charge in [-0.1, -0.05) is 36.4 Å². The number of nitrogens with zero attached hydrogens (tertiary/aromatic N) is 2. The number of phenols is 1. The van der Waals surface area contributed by atoms with E-state index in [4.69, 9.17) is 4.74 Å².